The van der Waals surface area contributed by atoms with Crippen LogP contribution in [0.2, 0.25) is 0 Å². The van der Waals surface area contributed by atoms with E-state index in [1.165, 1.54) is 25.3 Å². The molecule has 0 radical (unpaired) electrons. The van der Waals surface area contributed by atoms with Gasteiger partial charge >= 0.3 is 6.61 Å². The molecule has 0 heterocycles. The monoisotopic (exact) mass is 377 g/mol. The molecule has 2 aromatic carbocycles. The van der Waals surface area contributed by atoms with Crippen LogP contribution in [0.15, 0.2) is 48.5 Å². The van der Waals surface area contributed by atoms with Crippen molar-refractivity contribution in [3.8, 4) is 17.2 Å². The fourth-order valence-electron chi connectivity index (χ4n) is 2.19. The fraction of sp³-hybridized carbons (Fsp3) is 0.250. The second-order valence-corrected chi connectivity index (χ2v) is 5.57. The highest BCUT2D eigenvalue weighted by molar-refractivity contribution is 5.91. The van der Waals surface area contributed by atoms with Gasteiger partial charge in [0.25, 0.3) is 0 Å². The zero-order chi connectivity index (χ0) is 19.6. The Morgan fingerprint density at radius 1 is 1.15 bits per heavy atom. The van der Waals surface area contributed by atoms with Gasteiger partial charge in [0.05, 0.1) is 13.7 Å². The minimum atomic E-state index is -2.94. The van der Waals surface area contributed by atoms with Crippen LogP contribution >= 0.6 is 0 Å². The third-order valence-electron chi connectivity index (χ3n) is 3.52. The first-order valence-electron chi connectivity index (χ1n) is 8.26. The first-order valence-corrected chi connectivity index (χ1v) is 8.26. The van der Waals surface area contributed by atoms with Crippen molar-refractivity contribution < 1.29 is 27.8 Å². The summed E-state index contributed by atoms with van der Waals surface area (Å²) in [6, 6.07) is 12.0. The van der Waals surface area contributed by atoms with Crippen molar-refractivity contribution in [2.24, 2.45) is 0 Å². The SMILES string of the molecule is COc1cc(/C=C/C(=O)NCCOc2ccc(C)cc2)ccc1OC(F)F. The van der Waals surface area contributed by atoms with Gasteiger partial charge in [-0.2, -0.15) is 8.78 Å². The van der Waals surface area contributed by atoms with Crippen LogP contribution in [0.25, 0.3) is 6.08 Å². The summed E-state index contributed by atoms with van der Waals surface area (Å²) in [6.07, 6.45) is 2.89. The summed E-state index contributed by atoms with van der Waals surface area (Å²) in [7, 11) is 1.35. The number of hydrogen-bond donors (Lipinski definition) is 1. The van der Waals surface area contributed by atoms with E-state index in [0.717, 1.165) is 11.3 Å². The molecule has 0 unspecified atom stereocenters. The second-order valence-electron chi connectivity index (χ2n) is 5.57. The second kappa shape index (κ2) is 10.2. The number of carbonyl (C=O) groups excluding carboxylic acids is 1. The summed E-state index contributed by atoms with van der Waals surface area (Å²) in [4.78, 5) is 11.8. The number of benzene rings is 2. The average Bonchev–Trinajstić information content (AvgIpc) is 2.65. The number of rotatable bonds is 9. The predicted molar refractivity (Wildman–Crippen MR) is 98.3 cm³/mol. The van der Waals surface area contributed by atoms with Crippen molar-refractivity contribution in [3.05, 3.63) is 59.7 Å². The molecular formula is C20H21F2NO4. The van der Waals surface area contributed by atoms with Crippen molar-refractivity contribution in [2.45, 2.75) is 13.5 Å². The molecule has 1 N–H and O–H groups in total. The van der Waals surface area contributed by atoms with E-state index in [1.807, 2.05) is 31.2 Å². The smallest absolute Gasteiger partial charge is 0.387 e. The predicted octanol–water partition coefficient (Wildman–Crippen LogP) is 3.81. The summed E-state index contributed by atoms with van der Waals surface area (Å²) >= 11 is 0. The number of carbonyl (C=O) groups is 1. The van der Waals surface area contributed by atoms with E-state index >= 15 is 0 Å². The lowest BCUT2D eigenvalue weighted by molar-refractivity contribution is -0.116. The molecule has 0 spiro atoms. The van der Waals surface area contributed by atoms with Crippen LogP contribution in [0.4, 0.5) is 8.78 Å². The van der Waals surface area contributed by atoms with Crippen molar-refractivity contribution in [1.29, 1.82) is 0 Å². The minimum absolute atomic E-state index is 0.0673. The topological polar surface area (TPSA) is 56.8 Å². The average molecular weight is 377 g/mol. The van der Waals surface area contributed by atoms with Crippen LogP contribution in [-0.2, 0) is 4.79 Å². The maximum atomic E-state index is 12.3. The number of alkyl halides is 2. The van der Waals surface area contributed by atoms with Crippen LogP contribution in [0.3, 0.4) is 0 Å². The van der Waals surface area contributed by atoms with Gasteiger partial charge in [0.2, 0.25) is 5.91 Å². The Kier molecular flexibility index (Phi) is 7.61. The van der Waals surface area contributed by atoms with Crippen LogP contribution in [-0.4, -0.2) is 32.8 Å². The molecule has 0 saturated carbocycles. The molecule has 1 amide bonds. The molecule has 0 saturated heterocycles. The van der Waals surface area contributed by atoms with Gasteiger partial charge in [-0.3, -0.25) is 4.79 Å². The van der Waals surface area contributed by atoms with Crippen LogP contribution in [0.5, 0.6) is 17.2 Å². The summed E-state index contributed by atoms with van der Waals surface area (Å²) in [5.41, 5.74) is 1.76. The third-order valence-corrected chi connectivity index (χ3v) is 3.52. The van der Waals surface area contributed by atoms with Gasteiger partial charge in [0.1, 0.15) is 12.4 Å². The maximum Gasteiger partial charge on any atom is 0.387 e. The molecule has 0 aromatic heterocycles. The Morgan fingerprint density at radius 2 is 1.89 bits per heavy atom. The van der Waals surface area contributed by atoms with E-state index in [0.29, 0.717) is 18.7 Å². The number of halogens is 2. The number of methoxy groups -OCH3 is 1. The molecule has 5 nitrogen and oxygen atoms in total. The van der Waals surface area contributed by atoms with Gasteiger partial charge < -0.3 is 19.5 Å². The van der Waals surface area contributed by atoms with Gasteiger partial charge in [-0.05, 0) is 42.8 Å². The molecule has 0 aliphatic rings. The molecule has 7 heteroatoms. The van der Waals surface area contributed by atoms with Crippen molar-refractivity contribution in [2.75, 3.05) is 20.3 Å². The van der Waals surface area contributed by atoms with Crippen LogP contribution < -0.4 is 19.5 Å². The Balaban J connectivity index is 1.80. The summed E-state index contributed by atoms with van der Waals surface area (Å²) in [6.45, 7) is -0.253. The molecule has 27 heavy (non-hydrogen) atoms. The first-order chi connectivity index (χ1) is 13.0. The van der Waals surface area contributed by atoms with Crippen molar-refractivity contribution >= 4 is 12.0 Å². The molecule has 0 aliphatic carbocycles. The highest BCUT2D eigenvalue weighted by Crippen LogP contribution is 2.29. The maximum absolute atomic E-state index is 12.3. The number of hydrogen-bond acceptors (Lipinski definition) is 4. The molecule has 144 valence electrons. The van der Waals surface area contributed by atoms with Crippen molar-refractivity contribution in [1.82, 2.24) is 5.32 Å². The summed E-state index contributed by atoms with van der Waals surface area (Å²) in [5.74, 6) is 0.532. The highest BCUT2D eigenvalue weighted by Gasteiger charge is 2.10. The van der Waals surface area contributed by atoms with Crippen molar-refractivity contribution in [3.63, 3.8) is 0 Å². The van der Waals surface area contributed by atoms with Crippen LogP contribution in [0.1, 0.15) is 11.1 Å². The van der Waals surface area contributed by atoms with E-state index < -0.39 is 6.61 Å². The van der Waals surface area contributed by atoms with Gasteiger partial charge in [0.15, 0.2) is 11.5 Å². The van der Waals surface area contributed by atoms with E-state index in [4.69, 9.17) is 9.47 Å². The molecule has 0 atom stereocenters. The Labute approximate surface area is 156 Å². The fourth-order valence-corrected chi connectivity index (χ4v) is 2.19. The Morgan fingerprint density at radius 3 is 2.56 bits per heavy atom. The van der Waals surface area contributed by atoms with Gasteiger partial charge in [-0.15, -0.1) is 0 Å². The number of ether oxygens (including phenoxy) is 3. The largest absolute Gasteiger partial charge is 0.493 e. The molecular weight excluding hydrogens is 356 g/mol. The number of nitrogens with one attached hydrogen (secondary N) is 1. The lowest BCUT2D eigenvalue weighted by atomic mass is 10.2. The first kappa shape index (κ1) is 20.2. The van der Waals surface area contributed by atoms with E-state index in [1.54, 1.807) is 12.1 Å². The molecule has 0 aliphatic heterocycles. The molecule has 0 bridgehead atoms. The van der Waals surface area contributed by atoms with Crippen LogP contribution in [0, 0.1) is 6.92 Å². The van der Waals surface area contributed by atoms with Gasteiger partial charge in [0, 0.05) is 6.08 Å². The highest BCUT2D eigenvalue weighted by atomic mass is 19.3. The zero-order valence-electron chi connectivity index (χ0n) is 15.1. The third kappa shape index (κ3) is 6.97. The number of aryl methyl sites for hydroxylation is 1. The van der Waals surface area contributed by atoms with E-state index in [9.17, 15) is 13.6 Å². The molecule has 2 aromatic rings. The number of amides is 1. The lowest BCUT2D eigenvalue weighted by Gasteiger charge is -2.10. The standard InChI is InChI=1S/C20H21F2NO4/c1-14-3-7-16(8-4-14)26-12-11-23-19(24)10-6-15-5-9-17(27-20(21)22)18(13-15)25-2/h3-10,13,20H,11-12H2,1-2H3,(H,23,24)/b10-6+. The lowest BCUT2D eigenvalue weighted by Crippen LogP contribution is -2.26. The normalized spacial score (nSPS) is 10.9. The van der Waals surface area contributed by atoms with E-state index in [2.05, 4.69) is 10.1 Å². The summed E-state index contributed by atoms with van der Waals surface area (Å²) < 4.78 is 39.5. The van der Waals surface area contributed by atoms with Gasteiger partial charge in [-0.1, -0.05) is 23.8 Å². The quantitative estimate of drug-likeness (QED) is 0.533. The zero-order valence-corrected chi connectivity index (χ0v) is 15.1. The summed E-state index contributed by atoms with van der Waals surface area (Å²) in [5, 5.41) is 2.69. The van der Waals surface area contributed by atoms with E-state index in [-0.39, 0.29) is 17.4 Å². The molecule has 2 rings (SSSR count). The Bertz CT molecular complexity index is 776. The van der Waals surface area contributed by atoms with Gasteiger partial charge in [-0.25, -0.2) is 0 Å². The molecule has 0 fully saturated rings. The Hall–Kier alpha value is -3.09. The minimum Gasteiger partial charge on any atom is -0.493 e.